The second-order valence-corrected chi connectivity index (χ2v) is 6.29. The number of nitrogens with zero attached hydrogens (tertiary/aromatic N) is 2. The second-order valence-electron chi connectivity index (χ2n) is 5.31. The monoisotopic (exact) mass is 298 g/mol. The van der Waals surface area contributed by atoms with Gasteiger partial charge in [0.1, 0.15) is 10.7 Å². The number of nitrogen functional groups attached to an aromatic ring is 1. The van der Waals surface area contributed by atoms with Crippen molar-refractivity contribution in [1.29, 1.82) is 0 Å². The van der Waals surface area contributed by atoms with Crippen LogP contribution in [-0.4, -0.2) is 43.2 Å². The van der Waals surface area contributed by atoms with E-state index in [-0.39, 0.29) is 11.5 Å². The maximum Gasteiger partial charge on any atom is 0.265 e. The van der Waals surface area contributed by atoms with Gasteiger partial charge in [-0.2, -0.15) is 0 Å². The van der Waals surface area contributed by atoms with Crippen LogP contribution in [0.4, 0.5) is 10.9 Å². The fourth-order valence-electron chi connectivity index (χ4n) is 2.11. The molecule has 112 valence electrons. The van der Waals surface area contributed by atoms with Crippen LogP contribution in [0.2, 0.25) is 0 Å². The summed E-state index contributed by atoms with van der Waals surface area (Å²) in [5.74, 6) is 0.118. The molecular weight excluding hydrogens is 276 g/mol. The lowest BCUT2D eigenvalue weighted by molar-refractivity contribution is 0.0206. The molecule has 1 aliphatic rings. The quantitative estimate of drug-likeness (QED) is 0.860. The molecule has 0 saturated carbocycles. The van der Waals surface area contributed by atoms with Crippen molar-refractivity contribution in [3.05, 3.63) is 4.88 Å². The molecular formula is C13H22N4O2S. The predicted molar refractivity (Wildman–Crippen MR) is 81.4 cm³/mol. The Hall–Kier alpha value is -1.34. The molecule has 1 aromatic heterocycles. The first-order valence-corrected chi connectivity index (χ1v) is 7.66. The zero-order valence-electron chi connectivity index (χ0n) is 12.2. The van der Waals surface area contributed by atoms with Crippen molar-refractivity contribution in [3.63, 3.8) is 0 Å². The van der Waals surface area contributed by atoms with E-state index < -0.39 is 0 Å². The van der Waals surface area contributed by atoms with Crippen molar-refractivity contribution in [1.82, 2.24) is 10.3 Å². The van der Waals surface area contributed by atoms with Gasteiger partial charge < -0.3 is 20.7 Å². The maximum absolute atomic E-state index is 12.2. The van der Waals surface area contributed by atoms with E-state index in [9.17, 15) is 4.79 Å². The summed E-state index contributed by atoms with van der Waals surface area (Å²) in [5.41, 5.74) is 5.58. The minimum absolute atomic E-state index is 0.174. The SMILES string of the molecule is CCN(C)c1nc(N)c(C(=O)NCC2(C)CCCO2)s1. The van der Waals surface area contributed by atoms with E-state index in [1.165, 1.54) is 11.3 Å². The number of ether oxygens (including phenoxy) is 1. The van der Waals surface area contributed by atoms with Gasteiger partial charge in [0, 0.05) is 26.7 Å². The van der Waals surface area contributed by atoms with E-state index in [1.807, 2.05) is 25.8 Å². The first kappa shape index (κ1) is 15.1. The van der Waals surface area contributed by atoms with Crippen LogP contribution in [0.1, 0.15) is 36.4 Å². The summed E-state index contributed by atoms with van der Waals surface area (Å²) >= 11 is 1.32. The van der Waals surface area contributed by atoms with E-state index in [0.717, 1.165) is 31.1 Å². The van der Waals surface area contributed by atoms with Crippen molar-refractivity contribution in [3.8, 4) is 0 Å². The first-order valence-electron chi connectivity index (χ1n) is 6.85. The van der Waals surface area contributed by atoms with Crippen LogP contribution in [0.5, 0.6) is 0 Å². The van der Waals surface area contributed by atoms with Crippen LogP contribution in [0.3, 0.4) is 0 Å². The molecule has 0 radical (unpaired) electrons. The van der Waals surface area contributed by atoms with Crippen molar-refractivity contribution < 1.29 is 9.53 Å². The van der Waals surface area contributed by atoms with Crippen molar-refractivity contribution in [2.24, 2.45) is 0 Å². The number of thiazole rings is 1. The van der Waals surface area contributed by atoms with E-state index in [0.29, 0.717) is 17.2 Å². The fraction of sp³-hybridized carbons (Fsp3) is 0.692. The number of hydrogen-bond acceptors (Lipinski definition) is 6. The number of nitrogens with two attached hydrogens (primary N) is 1. The number of amides is 1. The topological polar surface area (TPSA) is 80.5 Å². The molecule has 1 aliphatic heterocycles. The average Bonchev–Trinajstić information content (AvgIpc) is 3.02. The second kappa shape index (κ2) is 5.97. The normalized spacial score (nSPS) is 21.9. The molecule has 1 saturated heterocycles. The lowest BCUT2D eigenvalue weighted by Crippen LogP contribution is -2.40. The molecule has 1 aromatic rings. The highest BCUT2D eigenvalue weighted by atomic mass is 32.1. The Morgan fingerprint density at radius 1 is 1.65 bits per heavy atom. The highest BCUT2D eigenvalue weighted by molar-refractivity contribution is 7.18. The Morgan fingerprint density at radius 3 is 3.00 bits per heavy atom. The van der Waals surface area contributed by atoms with Crippen LogP contribution in [0, 0.1) is 0 Å². The molecule has 2 rings (SSSR count). The molecule has 1 unspecified atom stereocenters. The zero-order valence-corrected chi connectivity index (χ0v) is 13.0. The van der Waals surface area contributed by atoms with Gasteiger partial charge >= 0.3 is 0 Å². The van der Waals surface area contributed by atoms with Crippen molar-refractivity contribution in [2.75, 3.05) is 37.4 Å². The summed E-state index contributed by atoms with van der Waals surface area (Å²) in [7, 11) is 1.92. The van der Waals surface area contributed by atoms with Crippen LogP contribution < -0.4 is 16.0 Å². The Kier molecular flexibility index (Phi) is 4.49. The van der Waals surface area contributed by atoms with Gasteiger partial charge in [-0.25, -0.2) is 4.98 Å². The van der Waals surface area contributed by atoms with Gasteiger partial charge in [0.05, 0.1) is 5.60 Å². The molecule has 6 nitrogen and oxygen atoms in total. The van der Waals surface area contributed by atoms with Gasteiger partial charge in [-0.05, 0) is 26.7 Å². The smallest absolute Gasteiger partial charge is 0.265 e. The Balaban J connectivity index is 2.00. The number of nitrogens with one attached hydrogen (secondary N) is 1. The molecule has 20 heavy (non-hydrogen) atoms. The summed E-state index contributed by atoms with van der Waals surface area (Å²) in [5, 5.41) is 3.66. The third kappa shape index (κ3) is 3.21. The lowest BCUT2D eigenvalue weighted by Gasteiger charge is -2.23. The number of carbonyl (C=O) groups is 1. The van der Waals surface area contributed by atoms with Gasteiger partial charge in [0.25, 0.3) is 5.91 Å². The molecule has 0 aromatic carbocycles. The van der Waals surface area contributed by atoms with Gasteiger partial charge in [0.2, 0.25) is 0 Å². The summed E-state index contributed by atoms with van der Waals surface area (Å²) in [4.78, 5) is 18.9. The number of aromatic nitrogens is 1. The highest BCUT2D eigenvalue weighted by Crippen LogP contribution is 2.28. The maximum atomic E-state index is 12.2. The fourth-order valence-corrected chi connectivity index (χ4v) is 3.03. The third-order valence-electron chi connectivity index (χ3n) is 3.57. The Morgan fingerprint density at radius 2 is 2.40 bits per heavy atom. The van der Waals surface area contributed by atoms with Gasteiger partial charge in [-0.3, -0.25) is 4.79 Å². The van der Waals surface area contributed by atoms with Crippen LogP contribution >= 0.6 is 11.3 Å². The molecule has 0 spiro atoms. The third-order valence-corrected chi connectivity index (χ3v) is 4.76. The lowest BCUT2D eigenvalue weighted by atomic mass is 10.0. The van der Waals surface area contributed by atoms with Gasteiger partial charge in [-0.1, -0.05) is 11.3 Å². The van der Waals surface area contributed by atoms with Crippen LogP contribution in [-0.2, 0) is 4.74 Å². The van der Waals surface area contributed by atoms with Crippen molar-refractivity contribution >= 4 is 28.2 Å². The highest BCUT2D eigenvalue weighted by Gasteiger charge is 2.30. The van der Waals surface area contributed by atoms with Gasteiger partial charge in [-0.15, -0.1) is 0 Å². The Bertz CT molecular complexity index is 483. The Labute approximate surface area is 123 Å². The number of carbonyl (C=O) groups excluding carboxylic acids is 1. The molecule has 1 amide bonds. The number of anilines is 2. The predicted octanol–water partition coefficient (Wildman–Crippen LogP) is 1.48. The number of rotatable bonds is 5. The minimum Gasteiger partial charge on any atom is -0.382 e. The molecule has 3 N–H and O–H groups in total. The van der Waals surface area contributed by atoms with Crippen LogP contribution in [0.15, 0.2) is 0 Å². The van der Waals surface area contributed by atoms with Gasteiger partial charge in [0.15, 0.2) is 5.13 Å². The molecule has 2 heterocycles. The van der Waals surface area contributed by atoms with E-state index >= 15 is 0 Å². The summed E-state index contributed by atoms with van der Waals surface area (Å²) in [6.07, 6.45) is 2.01. The average molecular weight is 298 g/mol. The number of hydrogen-bond donors (Lipinski definition) is 2. The zero-order chi connectivity index (χ0) is 14.8. The van der Waals surface area contributed by atoms with E-state index in [1.54, 1.807) is 0 Å². The standard InChI is InChI=1S/C13H22N4O2S/c1-4-17(3)12-16-10(14)9(20-12)11(18)15-8-13(2)6-5-7-19-13/h4-8,14H2,1-3H3,(H,15,18). The van der Waals surface area contributed by atoms with E-state index in [4.69, 9.17) is 10.5 Å². The molecule has 1 atom stereocenters. The first-order chi connectivity index (χ1) is 9.45. The molecule has 0 bridgehead atoms. The molecule has 1 fully saturated rings. The minimum atomic E-state index is -0.252. The molecule has 0 aliphatic carbocycles. The summed E-state index contributed by atoms with van der Waals surface area (Å²) in [6.45, 7) is 6.13. The van der Waals surface area contributed by atoms with Crippen LogP contribution in [0.25, 0.3) is 0 Å². The van der Waals surface area contributed by atoms with E-state index in [2.05, 4.69) is 10.3 Å². The molecule has 7 heteroatoms. The largest absolute Gasteiger partial charge is 0.382 e. The summed E-state index contributed by atoms with van der Waals surface area (Å²) < 4.78 is 5.65. The summed E-state index contributed by atoms with van der Waals surface area (Å²) in [6, 6.07) is 0. The van der Waals surface area contributed by atoms with Crippen molar-refractivity contribution in [2.45, 2.75) is 32.3 Å².